The van der Waals surface area contributed by atoms with Crippen LogP contribution in [0.4, 0.5) is 0 Å². The van der Waals surface area contributed by atoms with Crippen LogP contribution in [0.15, 0.2) is 47.7 Å². The highest BCUT2D eigenvalue weighted by atomic mass is 16.5. The molecule has 2 aromatic heterocycles. The van der Waals surface area contributed by atoms with Gasteiger partial charge in [0.2, 0.25) is 0 Å². The molecule has 0 unspecified atom stereocenters. The van der Waals surface area contributed by atoms with Crippen molar-refractivity contribution in [3.8, 4) is 5.75 Å². The fraction of sp³-hybridized carbons (Fsp3) is 0.333. The Morgan fingerprint density at radius 3 is 2.92 bits per heavy atom. The summed E-state index contributed by atoms with van der Waals surface area (Å²) in [5.74, 6) is 0.581. The smallest absolute Gasteiger partial charge is 0.330 e. The summed E-state index contributed by atoms with van der Waals surface area (Å²) in [5, 5.41) is 0. The topological polar surface area (TPSA) is 82.2 Å². The molecule has 0 N–H and O–H groups in total. The molecular formula is C18H19N5O3. The van der Waals surface area contributed by atoms with Crippen LogP contribution in [-0.2, 0) is 11.8 Å². The van der Waals surface area contributed by atoms with E-state index in [4.69, 9.17) is 4.74 Å². The summed E-state index contributed by atoms with van der Waals surface area (Å²) < 4.78 is 8.74. The van der Waals surface area contributed by atoms with Gasteiger partial charge in [0.15, 0.2) is 12.3 Å². The van der Waals surface area contributed by atoms with E-state index < -0.39 is 0 Å². The monoisotopic (exact) mass is 353 g/mol. The van der Waals surface area contributed by atoms with E-state index in [0.717, 1.165) is 0 Å². The maximum Gasteiger partial charge on any atom is 0.330 e. The van der Waals surface area contributed by atoms with Gasteiger partial charge in [0.05, 0.1) is 12.2 Å². The first-order valence-electron chi connectivity index (χ1n) is 8.47. The number of carbonyl (C=O) groups excluding carboxylic acids is 1. The van der Waals surface area contributed by atoms with Gasteiger partial charge in [0, 0.05) is 20.1 Å². The molecule has 1 aliphatic heterocycles. The van der Waals surface area contributed by atoms with Gasteiger partial charge in [-0.2, -0.15) is 0 Å². The van der Waals surface area contributed by atoms with Crippen molar-refractivity contribution in [2.24, 2.45) is 7.05 Å². The molecule has 3 aromatic rings. The molecule has 8 nitrogen and oxygen atoms in total. The zero-order valence-electron chi connectivity index (χ0n) is 14.4. The van der Waals surface area contributed by atoms with Crippen LogP contribution in [-0.4, -0.2) is 49.6 Å². The van der Waals surface area contributed by atoms with Gasteiger partial charge in [-0.25, -0.2) is 14.8 Å². The van der Waals surface area contributed by atoms with Crippen LogP contribution in [0.5, 0.6) is 5.75 Å². The van der Waals surface area contributed by atoms with Crippen molar-refractivity contribution in [1.29, 1.82) is 0 Å². The van der Waals surface area contributed by atoms with E-state index in [0.29, 0.717) is 36.4 Å². The van der Waals surface area contributed by atoms with Crippen LogP contribution >= 0.6 is 0 Å². The van der Waals surface area contributed by atoms with Crippen molar-refractivity contribution in [3.63, 3.8) is 0 Å². The maximum absolute atomic E-state index is 12.6. The number of hydrogen-bond donors (Lipinski definition) is 0. The molecule has 0 saturated carbocycles. The number of fused-ring (bicyclic) bond motifs is 1. The molecule has 0 spiro atoms. The highest BCUT2D eigenvalue weighted by molar-refractivity contribution is 5.78. The van der Waals surface area contributed by atoms with Crippen molar-refractivity contribution >= 4 is 17.1 Å². The van der Waals surface area contributed by atoms with Crippen molar-refractivity contribution in [3.05, 3.63) is 53.3 Å². The number of rotatable bonds is 4. The van der Waals surface area contributed by atoms with Crippen LogP contribution in [0.2, 0.25) is 0 Å². The van der Waals surface area contributed by atoms with E-state index in [1.165, 1.54) is 6.33 Å². The lowest BCUT2D eigenvalue weighted by atomic mass is 10.2. The average molecular weight is 353 g/mol. The van der Waals surface area contributed by atoms with Gasteiger partial charge in [-0.05, 0) is 18.6 Å². The normalized spacial score (nSPS) is 17.0. The molecule has 1 aromatic carbocycles. The molecule has 0 aliphatic carbocycles. The molecule has 1 fully saturated rings. The van der Waals surface area contributed by atoms with Crippen LogP contribution in [0.25, 0.3) is 11.2 Å². The summed E-state index contributed by atoms with van der Waals surface area (Å²) in [4.78, 5) is 35.0. The minimum absolute atomic E-state index is 0.0106. The van der Waals surface area contributed by atoms with Gasteiger partial charge in [-0.15, -0.1) is 0 Å². The predicted molar refractivity (Wildman–Crippen MR) is 94.9 cm³/mol. The lowest BCUT2D eigenvalue weighted by Crippen LogP contribution is -2.34. The number of hydrogen-bond acceptors (Lipinski definition) is 5. The molecule has 1 atom stereocenters. The minimum atomic E-state index is -0.139. The maximum atomic E-state index is 12.6. The summed E-state index contributed by atoms with van der Waals surface area (Å²) in [7, 11) is 1.70. The number of nitrogens with zero attached hydrogens (tertiary/aromatic N) is 5. The Kier molecular flexibility index (Phi) is 4.16. The third kappa shape index (κ3) is 2.83. The first-order chi connectivity index (χ1) is 12.6. The molecule has 1 aliphatic rings. The SMILES string of the molecule is Cn1c(=O)n([C@@H]2CCN(C(=O)COc3ccccc3)C2)c2ncncc21. The fourth-order valence-electron chi connectivity index (χ4n) is 3.35. The molecule has 1 amide bonds. The summed E-state index contributed by atoms with van der Waals surface area (Å²) in [6.07, 6.45) is 3.77. The van der Waals surface area contributed by atoms with E-state index in [9.17, 15) is 9.59 Å². The minimum Gasteiger partial charge on any atom is -0.484 e. The van der Waals surface area contributed by atoms with Crippen LogP contribution in [0, 0.1) is 0 Å². The largest absolute Gasteiger partial charge is 0.484 e. The van der Waals surface area contributed by atoms with E-state index in [1.54, 1.807) is 27.3 Å². The molecule has 4 rings (SSSR count). The third-order valence-electron chi connectivity index (χ3n) is 4.74. The highest BCUT2D eigenvalue weighted by Gasteiger charge is 2.30. The van der Waals surface area contributed by atoms with E-state index in [-0.39, 0.29) is 24.2 Å². The van der Waals surface area contributed by atoms with E-state index in [2.05, 4.69) is 9.97 Å². The standard InChI is InChI=1S/C18H19N5O3/c1-21-15-9-19-12-20-17(15)23(18(21)25)13-7-8-22(10-13)16(24)11-26-14-5-3-2-4-6-14/h2-6,9,12-13H,7-8,10-11H2,1H3/t13-/m1/s1. The van der Waals surface area contributed by atoms with Crippen LogP contribution in [0.3, 0.4) is 0 Å². The summed E-state index contributed by atoms with van der Waals surface area (Å²) in [6, 6.07) is 9.15. The first-order valence-corrected chi connectivity index (χ1v) is 8.47. The number of aryl methyl sites for hydroxylation is 1. The second kappa shape index (κ2) is 6.62. The van der Waals surface area contributed by atoms with Crippen molar-refractivity contribution in [1.82, 2.24) is 24.0 Å². The number of carbonyl (C=O) groups is 1. The quantitative estimate of drug-likeness (QED) is 0.698. The van der Waals surface area contributed by atoms with Crippen molar-refractivity contribution < 1.29 is 9.53 Å². The van der Waals surface area contributed by atoms with Gasteiger partial charge in [0.25, 0.3) is 5.91 Å². The molecule has 134 valence electrons. The van der Waals surface area contributed by atoms with Gasteiger partial charge < -0.3 is 9.64 Å². The van der Waals surface area contributed by atoms with Gasteiger partial charge in [-0.3, -0.25) is 13.9 Å². The van der Waals surface area contributed by atoms with Gasteiger partial charge in [0.1, 0.15) is 17.6 Å². The Morgan fingerprint density at radius 2 is 2.12 bits per heavy atom. The third-order valence-corrected chi connectivity index (χ3v) is 4.74. The fourth-order valence-corrected chi connectivity index (χ4v) is 3.35. The number of para-hydroxylation sites is 1. The number of imidazole rings is 1. The molecule has 0 radical (unpaired) electrons. The molecule has 0 bridgehead atoms. The molecule has 1 saturated heterocycles. The summed E-state index contributed by atoms with van der Waals surface area (Å²) in [5.41, 5.74) is 1.15. The molecule has 3 heterocycles. The number of benzene rings is 1. The zero-order valence-corrected chi connectivity index (χ0v) is 14.4. The Bertz CT molecular complexity index is 995. The molecular weight excluding hydrogens is 334 g/mol. The summed E-state index contributed by atoms with van der Waals surface area (Å²) in [6.45, 7) is 1.05. The predicted octanol–water partition coefficient (Wildman–Crippen LogP) is 0.982. The number of ether oxygens (including phenoxy) is 1. The van der Waals surface area contributed by atoms with E-state index >= 15 is 0 Å². The van der Waals surface area contributed by atoms with Gasteiger partial charge in [-0.1, -0.05) is 18.2 Å². The Balaban J connectivity index is 1.48. The lowest BCUT2D eigenvalue weighted by Gasteiger charge is -2.17. The Hall–Kier alpha value is -3.16. The van der Waals surface area contributed by atoms with Crippen molar-refractivity contribution in [2.75, 3.05) is 19.7 Å². The Labute approximate surface area is 149 Å². The second-order valence-corrected chi connectivity index (χ2v) is 6.33. The number of aromatic nitrogens is 4. The second-order valence-electron chi connectivity index (χ2n) is 6.33. The average Bonchev–Trinajstić information content (AvgIpc) is 3.25. The summed E-state index contributed by atoms with van der Waals surface area (Å²) >= 11 is 0. The van der Waals surface area contributed by atoms with Crippen LogP contribution < -0.4 is 10.4 Å². The van der Waals surface area contributed by atoms with Crippen molar-refractivity contribution in [2.45, 2.75) is 12.5 Å². The van der Waals surface area contributed by atoms with Gasteiger partial charge >= 0.3 is 5.69 Å². The zero-order chi connectivity index (χ0) is 18.1. The number of amides is 1. The first kappa shape index (κ1) is 16.3. The van der Waals surface area contributed by atoms with E-state index in [1.807, 2.05) is 30.3 Å². The molecule has 8 heteroatoms. The Morgan fingerprint density at radius 1 is 1.31 bits per heavy atom. The highest BCUT2D eigenvalue weighted by Crippen LogP contribution is 2.23. The lowest BCUT2D eigenvalue weighted by molar-refractivity contribution is -0.132. The molecule has 26 heavy (non-hydrogen) atoms. The number of likely N-dealkylation sites (tertiary alicyclic amines) is 1. The van der Waals surface area contributed by atoms with Crippen LogP contribution in [0.1, 0.15) is 12.5 Å².